The van der Waals surface area contributed by atoms with Gasteiger partial charge in [0.2, 0.25) is 0 Å². The van der Waals surface area contributed by atoms with Gasteiger partial charge in [0.05, 0.1) is 0 Å². The first-order valence-electron chi connectivity index (χ1n) is 4.15. The SMILES string of the molecule is Cl.Nc1ccnc(C2CCNC2)n1. The Bertz CT molecular complexity index is 273. The summed E-state index contributed by atoms with van der Waals surface area (Å²) in [5, 5.41) is 3.27. The van der Waals surface area contributed by atoms with E-state index in [1.807, 2.05) is 0 Å². The third kappa shape index (κ3) is 2.29. The number of halogens is 1. The molecule has 0 aliphatic carbocycles. The number of anilines is 1. The van der Waals surface area contributed by atoms with Crippen molar-refractivity contribution < 1.29 is 0 Å². The molecule has 0 amide bonds. The lowest BCUT2D eigenvalue weighted by molar-refractivity contribution is 0.703. The van der Waals surface area contributed by atoms with Crippen molar-refractivity contribution in [3.05, 3.63) is 18.1 Å². The van der Waals surface area contributed by atoms with E-state index in [1.165, 1.54) is 0 Å². The van der Waals surface area contributed by atoms with Crippen molar-refractivity contribution >= 4 is 18.2 Å². The van der Waals surface area contributed by atoms with E-state index in [4.69, 9.17) is 5.73 Å². The van der Waals surface area contributed by atoms with E-state index in [9.17, 15) is 0 Å². The van der Waals surface area contributed by atoms with E-state index in [0.29, 0.717) is 11.7 Å². The maximum absolute atomic E-state index is 5.55. The van der Waals surface area contributed by atoms with Crippen LogP contribution in [-0.4, -0.2) is 23.1 Å². The van der Waals surface area contributed by atoms with Crippen molar-refractivity contribution in [3.63, 3.8) is 0 Å². The number of aromatic nitrogens is 2. The molecule has 1 aromatic heterocycles. The number of nitrogens with two attached hydrogens (primary N) is 1. The predicted molar refractivity (Wildman–Crippen MR) is 53.9 cm³/mol. The van der Waals surface area contributed by atoms with Gasteiger partial charge in [-0.25, -0.2) is 9.97 Å². The molecule has 1 aliphatic rings. The van der Waals surface area contributed by atoms with Crippen LogP contribution in [0.3, 0.4) is 0 Å². The molecule has 1 aromatic rings. The first kappa shape index (κ1) is 10.2. The van der Waals surface area contributed by atoms with Crippen molar-refractivity contribution in [1.29, 1.82) is 0 Å². The maximum atomic E-state index is 5.55. The Morgan fingerprint density at radius 3 is 3.00 bits per heavy atom. The van der Waals surface area contributed by atoms with E-state index in [-0.39, 0.29) is 12.4 Å². The minimum Gasteiger partial charge on any atom is -0.384 e. The summed E-state index contributed by atoms with van der Waals surface area (Å²) in [6.07, 6.45) is 2.83. The largest absolute Gasteiger partial charge is 0.384 e. The highest BCUT2D eigenvalue weighted by Gasteiger charge is 2.18. The lowest BCUT2D eigenvalue weighted by atomic mass is 10.1. The highest BCUT2D eigenvalue weighted by molar-refractivity contribution is 5.85. The van der Waals surface area contributed by atoms with E-state index in [0.717, 1.165) is 25.3 Å². The molecule has 4 nitrogen and oxygen atoms in total. The van der Waals surface area contributed by atoms with Crippen LogP contribution < -0.4 is 11.1 Å². The van der Waals surface area contributed by atoms with Crippen LogP contribution in [0.5, 0.6) is 0 Å². The van der Waals surface area contributed by atoms with Gasteiger partial charge in [0.1, 0.15) is 11.6 Å². The molecule has 0 saturated carbocycles. The maximum Gasteiger partial charge on any atom is 0.135 e. The zero-order valence-electron chi connectivity index (χ0n) is 7.23. The molecule has 2 rings (SSSR count). The number of hydrogen-bond donors (Lipinski definition) is 2. The fourth-order valence-corrected chi connectivity index (χ4v) is 1.46. The molecule has 0 aromatic carbocycles. The Morgan fingerprint density at radius 1 is 1.54 bits per heavy atom. The van der Waals surface area contributed by atoms with Gasteiger partial charge in [-0.15, -0.1) is 12.4 Å². The third-order valence-electron chi connectivity index (χ3n) is 2.12. The van der Waals surface area contributed by atoms with Gasteiger partial charge in [-0.05, 0) is 19.0 Å². The van der Waals surface area contributed by atoms with E-state index < -0.39 is 0 Å². The van der Waals surface area contributed by atoms with Gasteiger partial charge >= 0.3 is 0 Å². The topological polar surface area (TPSA) is 63.8 Å². The number of nitrogens with zero attached hydrogens (tertiary/aromatic N) is 2. The highest BCUT2D eigenvalue weighted by Crippen LogP contribution is 2.18. The van der Waals surface area contributed by atoms with Crippen LogP contribution in [0.1, 0.15) is 18.2 Å². The molecule has 1 aliphatic heterocycles. The lowest BCUT2D eigenvalue weighted by Crippen LogP contribution is -2.10. The summed E-state index contributed by atoms with van der Waals surface area (Å²) in [4.78, 5) is 8.37. The van der Waals surface area contributed by atoms with Crippen molar-refractivity contribution in [3.8, 4) is 0 Å². The quantitative estimate of drug-likeness (QED) is 0.696. The molecule has 5 heteroatoms. The second-order valence-corrected chi connectivity index (χ2v) is 3.03. The highest BCUT2D eigenvalue weighted by atomic mass is 35.5. The fraction of sp³-hybridized carbons (Fsp3) is 0.500. The average molecular weight is 201 g/mol. The second-order valence-electron chi connectivity index (χ2n) is 3.03. The molecule has 0 radical (unpaired) electrons. The molecule has 1 unspecified atom stereocenters. The Kier molecular flexibility index (Phi) is 3.45. The predicted octanol–water partition coefficient (Wildman–Crippen LogP) is 0.557. The Labute approximate surface area is 83.4 Å². The van der Waals surface area contributed by atoms with Crippen molar-refractivity contribution in [2.24, 2.45) is 0 Å². The standard InChI is InChI=1S/C8H12N4.ClH/c9-7-2-4-11-8(12-7)6-1-3-10-5-6;/h2,4,6,10H,1,3,5H2,(H2,9,11,12);1H. The smallest absolute Gasteiger partial charge is 0.135 e. The van der Waals surface area contributed by atoms with Gasteiger partial charge in [-0.3, -0.25) is 0 Å². The van der Waals surface area contributed by atoms with Gasteiger partial charge < -0.3 is 11.1 Å². The molecule has 72 valence electrons. The normalized spacial score (nSPS) is 21.1. The minimum atomic E-state index is 0. The Hall–Kier alpha value is -0.870. The van der Waals surface area contributed by atoms with Gasteiger partial charge in [0.15, 0.2) is 0 Å². The van der Waals surface area contributed by atoms with Crippen molar-refractivity contribution in [2.75, 3.05) is 18.8 Å². The second kappa shape index (κ2) is 4.39. The van der Waals surface area contributed by atoms with Crippen LogP contribution in [-0.2, 0) is 0 Å². The molecular weight excluding hydrogens is 188 g/mol. The molecule has 3 N–H and O–H groups in total. The van der Waals surface area contributed by atoms with Gasteiger partial charge in [0, 0.05) is 18.7 Å². The van der Waals surface area contributed by atoms with Crippen LogP contribution >= 0.6 is 12.4 Å². The zero-order chi connectivity index (χ0) is 8.39. The zero-order valence-corrected chi connectivity index (χ0v) is 8.05. The summed E-state index contributed by atoms with van der Waals surface area (Å²) in [5.74, 6) is 1.89. The molecule has 2 heterocycles. The molecule has 0 bridgehead atoms. The van der Waals surface area contributed by atoms with Gasteiger partial charge in [-0.2, -0.15) is 0 Å². The van der Waals surface area contributed by atoms with Crippen molar-refractivity contribution in [2.45, 2.75) is 12.3 Å². The Morgan fingerprint density at radius 2 is 2.38 bits per heavy atom. The summed E-state index contributed by atoms with van der Waals surface area (Å²) in [7, 11) is 0. The van der Waals surface area contributed by atoms with E-state index in [2.05, 4.69) is 15.3 Å². The first-order chi connectivity index (χ1) is 5.86. The number of rotatable bonds is 1. The van der Waals surface area contributed by atoms with E-state index in [1.54, 1.807) is 12.3 Å². The molecule has 0 spiro atoms. The number of nitrogens with one attached hydrogen (secondary N) is 1. The van der Waals surface area contributed by atoms with E-state index >= 15 is 0 Å². The minimum absolute atomic E-state index is 0. The lowest BCUT2D eigenvalue weighted by Gasteiger charge is -2.05. The van der Waals surface area contributed by atoms with Crippen LogP contribution in [0.15, 0.2) is 12.3 Å². The van der Waals surface area contributed by atoms with Gasteiger partial charge in [0.25, 0.3) is 0 Å². The molecule has 1 fully saturated rings. The summed E-state index contributed by atoms with van der Waals surface area (Å²) < 4.78 is 0. The van der Waals surface area contributed by atoms with Crippen LogP contribution in [0.2, 0.25) is 0 Å². The molecule has 13 heavy (non-hydrogen) atoms. The fourth-order valence-electron chi connectivity index (χ4n) is 1.46. The summed E-state index contributed by atoms with van der Waals surface area (Å²) in [5.41, 5.74) is 5.55. The van der Waals surface area contributed by atoms with Gasteiger partial charge in [-0.1, -0.05) is 0 Å². The number of nitrogen functional groups attached to an aromatic ring is 1. The van der Waals surface area contributed by atoms with Crippen molar-refractivity contribution in [1.82, 2.24) is 15.3 Å². The Balaban J connectivity index is 0.000000845. The third-order valence-corrected chi connectivity index (χ3v) is 2.12. The molecule has 1 saturated heterocycles. The number of hydrogen-bond acceptors (Lipinski definition) is 4. The summed E-state index contributed by atoms with van der Waals surface area (Å²) >= 11 is 0. The summed E-state index contributed by atoms with van der Waals surface area (Å²) in [6, 6.07) is 1.71. The van der Waals surface area contributed by atoms with Crippen LogP contribution in [0.4, 0.5) is 5.82 Å². The molecular formula is C8H13ClN4. The van der Waals surface area contributed by atoms with Crippen LogP contribution in [0, 0.1) is 0 Å². The monoisotopic (exact) mass is 200 g/mol. The average Bonchev–Trinajstić information content (AvgIpc) is 2.56. The molecule has 1 atom stereocenters. The summed E-state index contributed by atoms with van der Waals surface area (Å²) in [6.45, 7) is 2.03. The first-order valence-corrected chi connectivity index (χ1v) is 4.15. The van der Waals surface area contributed by atoms with Crippen LogP contribution in [0.25, 0.3) is 0 Å².